The first-order chi connectivity index (χ1) is 9.41. The van der Waals surface area contributed by atoms with Gasteiger partial charge < -0.3 is 14.2 Å². The molecule has 0 aromatic heterocycles. The maximum atomic E-state index is 16.4. The standard InChI is InChI=1S/C16H25FN2OSi/c1-15(2,3)21(17,16(4,5)6)14-11-13-12(18(14)7)9-8-10-19(13)20/h8-9,11,14H,1-7H3. The molecule has 0 saturated carbocycles. The molecular formula is C16H25FN2OSi. The third-order valence-electron chi connectivity index (χ3n) is 4.62. The first kappa shape index (κ1) is 16.2. The number of fused-ring (bicyclic) bond motifs is 1. The lowest BCUT2D eigenvalue weighted by Gasteiger charge is -2.49. The van der Waals surface area contributed by atoms with Gasteiger partial charge in [0.15, 0.2) is 11.4 Å². The molecule has 0 fully saturated rings. The van der Waals surface area contributed by atoms with E-state index in [9.17, 15) is 5.21 Å². The summed E-state index contributed by atoms with van der Waals surface area (Å²) in [6, 6.07) is 0. The van der Waals surface area contributed by atoms with Crippen molar-refractivity contribution in [2.24, 2.45) is 0 Å². The molecule has 0 radical (unpaired) electrons. The summed E-state index contributed by atoms with van der Waals surface area (Å²) >= 11 is 0. The Morgan fingerprint density at radius 3 is 2.10 bits per heavy atom. The first-order valence-corrected chi connectivity index (χ1v) is 9.27. The van der Waals surface area contributed by atoms with Crippen LogP contribution in [-0.2, 0) is 0 Å². The molecule has 0 amide bonds. The molecule has 5 heteroatoms. The van der Waals surface area contributed by atoms with E-state index in [4.69, 9.17) is 0 Å². The molecule has 1 atom stereocenters. The molecule has 2 aliphatic heterocycles. The minimum atomic E-state index is -3.30. The molecule has 21 heavy (non-hydrogen) atoms. The molecule has 116 valence electrons. The summed E-state index contributed by atoms with van der Waals surface area (Å²) in [6.45, 7) is 11.9. The molecule has 0 aliphatic carbocycles. The zero-order valence-corrected chi connectivity index (χ0v) is 15.0. The summed E-state index contributed by atoms with van der Waals surface area (Å²) < 4.78 is 16.4. The normalized spacial score (nSPS) is 22.8. The molecule has 2 aliphatic rings. The van der Waals surface area contributed by atoms with Gasteiger partial charge >= 0.3 is 0 Å². The van der Waals surface area contributed by atoms with Gasteiger partial charge in [0.25, 0.3) is 8.41 Å². The topological polar surface area (TPSA) is 29.5 Å². The van der Waals surface area contributed by atoms with Crippen molar-refractivity contribution in [1.29, 1.82) is 0 Å². The van der Waals surface area contributed by atoms with E-state index in [1.807, 2.05) is 65.6 Å². The summed E-state index contributed by atoms with van der Waals surface area (Å²) in [5.41, 5.74) is 0.966. The van der Waals surface area contributed by atoms with Crippen LogP contribution in [0.3, 0.4) is 0 Å². The van der Waals surface area contributed by atoms with Crippen LogP contribution in [-0.4, -0.2) is 31.1 Å². The second-order valence-electron chi connectivity index (χ2n) is 7.96. The fourth-order valence-corrected chi connectivity index (χ4v) is 8.78. The smallest absolute Gasteiger partial charge is 0.284 e. The van der Waals surface area contributed by atoms with Gasteiger partial charge in [-0.05, 0) is 10.1 Å². The van der Waals surface area contributed by atoms with Crippen molar-refractivity contribution in [2.45, 2.75) is 57.3 Å². The van der Waals surface area contributed by atoms with Crippen molar-refractivity contribution in [2.75, 3.05) is 7.05 Å². The quantitative estimate of drug-likeness (QED) is 0.412. The highest BCUT2D eigenvalue weighted by molar-refractivity contribution is 6.80. The van der Waals surface area contributed by atoms with Gasteiger partial charge in [0.05, 0.1) is 11.7 Å². The van der Waals surface area contributed by atoms with Gasteiger partial charge in [0.2, 0.25) is 0 Å². The number of hydrogen-bond donors (Lipinski definition) is 0. The van der Waals surface area contributed by atoms with Crippen LogP contribution in [0.25, 0.3) is 0 Å². The third kappa shape index (κ3) is 2.24. The van der Waals surface area contributed by atoms with Crippen LogP contribution in [0.1, 0.15) is 41.5 Å². The van der Waals surface area contributed by atoms with Gasteiger partial charge in [-0.25, -0.2) is 0 Å². The zero-order valence-electron chi connectivity index (χ0n) is 14.0. The van der Waals surface area contributed by atoms with E-state index < -0.39 is 18.5 Å². The molecule has 1 unspecified atom stereocenters. The van der Waals surface area contributed by atoms with Crippen LogP contribution in [0, 0.1) is 11.4 Å². The van der Waals surface area contributed by atoms with Crippen LogP contribution in [0.5, 0.6) is 0 Å². The van der Waals surface area contributed by atoms with Gasteiger partial charge in [-0.2, -0.15) is 0 Å². The number of allylic oxidation sites excluding steroid dienone is 2. The number of likely N-dealkylation sites (N-methyl/N-ethyl adjacent to an activating group) is 1. The fourth-order valence-electron chi connectivity index (χ4n) is 3.70. The highest BCUT2D eigenvalue weighted by atomic mass is 28.4. The lowest BCUT2D eigenvalue weighted by Crippen LogP contribution is -2.60. The van der Waals surface area contributed by atoms with Crippen molar-refractivity contribution >= 4 is 8.41 Å². The second-order valence-corrected chi connectivity index (χ2v) is 13.0. The average Bonchev–Trinajstić information content (AvgIpc) is 2.65. The van der Waals surface area contributed by atoms with Crippen molar-refractivity contribution in [1.82, 2.24) is 9.96 Å². The Morgan fingerprint density at radius 2 is 1.67 bits per heavy atom. The Hall–Kier alpha value is -1.16. The monoisotopic (exact) mass is 308 g/mol. The number of halogens is 1. The predicted molar refractivity (Wildman–Crippen MR) is 87.0 cm³/mol. The van der Waals surface area contributed by atoms with Crippen molar-refractivity contribution < 1.29 is 4.11 Å². The highest BCUT2D eigenvalue weighted by Crippen LogP contribution is 2.56. The predicted octanol–water partition coefficient (Wildman–Crippen LogP) is 4.25. The molecule has 0 spiro atoms. The van der Waals surface area contributed by atoms with Crippen LogP contribution in [0.2, 0.25) is 10.1 Å². The van der Waals surface area contributed by atoms with Crippen LogP contribution < -0.4 is 0 Å². The van der Waals surface area contributed by atoms with E-state index in [1.165, 1.54) is 0 Å². The number of hydroxylamine groups is 2. The van der Waals surface area contributed by atoms with Crippen LogP contribution in [0.4, 0.5) is 4.11 Å². The minimum Gasteiger partial charge on any atom is -0.721 e. The molecule has 0 aromatic rings. The molecular weight excluding hydrogens is 283 g/mol. The molecule has 3 nitrogen and oxygen atoms in total. The van der Waals surface area contributed by atoms with Crippen LogP contribution in [0.15, 0.2) is 29.6 Å². The second kappa shape index (κ2) is 4.67. The van der Waals surface area contributed by atoms with Crippen molar-refractivity contribution in [3.63, 3.8) is 0 Å². The summed E-state index contributed by atoms with van der Waals surface area (Å²) in [4.78, 5) is 1.93. The third-order valence-corrected chi connectivity index (χ3v) is 10.4. The zero-order chi connectivity index (χ0) is 16.2. The van der Waals surface area contributed by atoms with Gasteiger partial charge in [0.1, 0.15) is 12.3 Å². The molecule has 0 aromatic carbocycles. The van der Waals surface area contributed by atoms with Gasteiger partial charge in [-0.15, -0.1) is 0 Å². The number of nitrogens with zero attached hydrogens (tertiary/aromatic N) is 2. The van der Waals surface area contributed by atoms with Crippen molar-refractivity contribution in [3.05, 3.63) is 41.0 Å². The highest BCUT2D eigenvalue weighted by Gasteiger charge is 2.63. The van der Waals surface area contributed by atoms with E-state index in [0.717, 1.165) is 5.70 Å². The summed E-state index contributed by atoms with van der Waals surface area (Å²) in [7, 11) is -1.42. The van der Waals surface area contributed by atoms with E-state index in [1.54, 1.807) is 6.08 Å². The molecule has 0 saturated heterocycles. The minimum absolute atomic E-state index is 0.344. The average molecular weight is 308 g/mol. The maximum Gasteiger partial charge on any atom is 0.284 e. The van der Waals surface area contributed by atoms with Gasteiger partial charge in [0, 0.05) is 13.1 Å². The molecule has 0 N–H and O–H groups in total. The lowest BCUT2D eigenvalue weighted by molar-refractivity contribution is 0.377. The van der Waals surface area contributed by atoms with E-state index >= 15 is 4.11 Å². The van der Waals surface area contributed by atoms with Crippen LogP contribution >= 0.6 is 0 Å². The van der Waals surface area contributed by atoms with E-state index in [2.05, 4.69) is 6.20 Å². The summed E-state index contributed by atoms with van der Waals surface area (Å²) in [5.74, 6) is 0. The Morgan fingerprint density at radius 1 is 1.14 bits per heavy atom. The Bertz CT molecular complexity index is 511. The summed E-state index contributed by atoms with van der Waals surface area (Å²) in [6.07, 6.45) is 7.83. The molecule has 2 heterocycles. The largest absolute Gasteiger partial charge is 0.721 e. The van der Waals surface area contributed by atoms with E-state index in [-0.39, 0.29) is 5.67 Å². The summed E-state index contributed by atoms with van der Waals surface area (Å²) in [5, 5.41) is 11.8. The molecule has 2 rings (SSSR count). The number of rotatable bonds is 1. The Balaban J connectivity index is 2.55. The Kier molecular flexibility index (Phi) is 3.60. The first-order valence-electron chi connectivity index (χ1n) is 7.32. The molecule has 0 bridgehead atoms. The Labute approximate surface area is 128 Å². The van der Waals surface area contributed by atoms with E-state index in [0.29, 0.717) is 10.8 Å². The number of hydrogen-bond acceptors (Lipinski definition) is 3. The van der Waals surface area contributed by atoms with Gasteiger partial charge in [-0.1, -0.05) is 41.5 Å². The van der Waals surface area contributed by atoms with Crippen molar-refractivity contribution in [3.8, 4) is 0 Å². The SMILES string of the molecule is CN1C2=CC=[C+]N([O-])C2=CC1[Si](F)(C(C)(C)C)C(C)(C)C. The van der Waals surface area contributed by atoms with Gasteiger partial charge in [-0.3, -0.25) is 5.06 Å². The lowest BCUT2D eigenvalue weighted by atomic mass is 10.2. The fraction of sp³-hybridized carbons (Fsp3) is 0.625. The maximum absolute atomic E-state index is 16.4.